The summed E-state index contributed by atoms with van der Waals surface area (Å²) < 4.78 is 54.5. The lowest BCUT2D eigenvalue weighted by atomic mass is 10.1. The summed E-state index contributed by atoms with van der Waals surface area (Å²) in [6.07, 6.45) is 2.16. The molecule has 0 fully saturated rings. The van der Waals surface area contributed by atoms with E-state index in [1.165, 1.54) is 18.4 Å². The predicted octanol–water partition coefficient (Wildman–Crippen LogP) is 2.63. The Balaban J connectivity index is 2.67. The van der Waals surface area contributed by atoms with E-state index in [0.717, 1.165) is 18.4 Å². The van der Waals surface area contributed by atoms with Crippen LogP contribution >= 0.6 is 0 Å². The highest BCUT2D eigenvalue weighted by Crippen LogP contribution is 2.28. The fourth-order valence-electron chi connectivity index (χ4n) is 1.42. The summed E-state index contributed by atoms with van der Waals surface area (Å²) in [6.45, 7) is 0. The van der Waals surface area contributed by atoms with Crippen molar-refractivity contribution in [1.29, 1.82) is 0 Å². The summed E-state index contributed by atoms with van der Waals surface area (Å²) in [6, 6.07) is 4.42. The highest BCUT2D eigenvalue weighted by atomic mass is 32.2. The Hall–Kier alpha value is -1.69. The van der Waals surface area contributed by atoms with Crippen LogP contribution in [0.15, 0.2) is 39.8 Å². The molecule has 1 aromatic heterocycles. The molecule has 0 saturated carbocycles. The lowest BCUT2D eigenvalue weighted by Crippen LogP contribution is -2.00. The summed E-state index contributed by atoms with van der Waals surface area (Å²) in [4.78, 5) is -0.400. The van der Waals surface area contributed by atoms with Gasteiger partial charge in [0.2, 0.25) is 0 Å². The first-order valence-corrected chi connectivity index (χ1v) is 6.51. The maximum absolute atomic E-state index is 13.6. The van der Waals surface area contributed by atoms with Crippen LogP contribution in [0.4, 0.5) is 8.78 Å². The molecule has 0 saturated heterocycles. The van der Waals surface area contributed by atoms with Gasteiger partial charge in [-0.15, -0.1) is 0 Å². The molecule has 90 valence electrons. The molecule has 1 aromatic carbocycles. The summed E-state index contributed by atoms with van der Waals surface area (Å²) in [5, 5.41) is 0. The van der Waals surface area contributed by atoms with Gasteiger partial charge >= 0.3 is 0 Å². The number of rotatable bonds is 2. The largest absolute Gasteiger partial charge is 0.464 e. The van der Waals surface area contributed by atoms with Crippen LogP contribution in [0.3, 0.4) is 0 Å². The second-order valence-corrected chi connectivity index (χ2v) is 5.53. The Morgan fingerprint density at radius 2 is 1.76 bits per heavy atom. The van der Waals surface area contributed by atoms with Crippen LogP contribution in [0, 0.1) is 11.6 Å². The average Bonchev–Trinajstić information content (AvgIpc) is 2.68. The minimum Gasteiger partial charge on any atom is -0.464 e. The number of benzene rings is 1. The van der Waals surface area contributed by atoms with E-state index in [2.05, 4.69) is 0 Å². The van der Waals surface area contributed by atoms with Gasteiger partial charge in [-0.05, 0) is 24.3 Å². The van der Waals surface area contributed by atoms with E-state index in [1.54, 1.807) is 0 Å². The molecule has 17 heavy (non-hydrogen) atoms. The quantitative estimate of drug-likeness (QED) is 0.831. The van der Waals surface area contributed by atoms with Crippen LogP contribution in [0.25, 0.3) is 11.3 Å². The van der Waals surface area contributed by atoms with Crippen LogP contribution in [-0.2, 0) is 9.84 Å². The molecule has 0 aliphatic carbocycles. The van der Waals surface area contributed by atoms with E-state index in [-0.39, 0.29) is 11.3 Å². The molecule has 0 radical (unpaired) electrons. The first-order chi connectivity index (χ1) is 7.89. The molecule has 3 nitrogen and oxygen atoms in total. The van der Waals surface area contributed by atoms with Crippen LogP contribution < -0.4 is 0 Å². The van der Waals surface area contributed by atoms with Gasteiger partial charge in [0.05, 0.1) is 16.7 Å². The SMILES string of the molecule is CS(=O)(=O)c1cc(F)c(-c2ccco2)c(F)c1. The molecule has 0 aliphatic heterocycles. The van der Waals surface area contributed by atoms with Crippen molar-refractivity contribution in [3.8, 4) is 11.3 Å². The topological polar surface area (TPSA) is 47.3 Å². The fraction of sp³-hybridized carbons (Fsp3) is 0.0909. The Morgan fingerprint density at radius 3 is 2.18 bits per heavy atom. The zero-order valence-corrected chi connectivity index (χ0v) is 9.59. The maximum Gasteiger partial charge on any atom is 0.175 e. The molecule has 0 aliphatic rings. The average molecular weight is 258 g/mol. The zero-order valence-electron chi connectivity index (χ0n) is 8.78. The van der Waals surface area contributed by atoms with E-state index < -0.39 is 26.4 Å². The number of hydrogen-bond acceptors (Lipinski definition) is 3. The van der Waals surface area contributed by atoms with Gasteiger partial charge in [-0.3, -0.25) is 0 Å². The molecule has 0 amide bonds. The van der Waals surface area contributed by atoms with Gasteiger partial charge in [-0.1, -0.05) is 0 Å². The summed E-state index contributed by atoms with van der Waals surface area (Å²) in [7, 11) is -3.64. The van der Waals surface area contributed by atoms with Gasteiger partial charge in [0, 0.05) is 6.26 Å². The fourth-order valence-corrected chi connectivity index (χ4v) is 2.06. The third-order valence-corrected chi connectivity index (χ3v) is 3.30. The number of hydrogen-bond donors (Lipinski definition) is 0. The molecular weight excluding hydrogens is 250 g/mol. The molecule has 0 atom stereocenters. The smallest absolute Gasteiger partial charge is 0.175 e. The molecule has 1 heterocycles. The molecule has 0 spiro atoms. The van der Waals surface area contributed by atoms with E-state index in [4.69, 9.17) is 4.42 Å². The molecule has 6 heteroatoms. The van der Waals surface area contributed by atoms with E-state index in [0.29, 0.717) is 0 Å². The van der Waals surface area contributed by atoms with Gasteiger partial charge < -0.3 is 4.42 Å². The highest BCUT2D eigenvalue weighted by molar-refractivity contribution is 7.90. The van der Waals surface area contributed by atoms with Gasteiger partial charge in [-0.2, -0.15) is 0 Å². The van der Waals surface area contributed by atoms with Crippen LogP contribution in [-0.4, -0.2) is 14.7 Å². The first kappa shape index (κ1) is 11.8. The standard InChI is InChI=1S/C11H8F2O3S/c1-17(14,15)7-5-8(12)11(9(13)6-7)10-3-2-4-16-10/h2-6H,1H3. The van der Waals surface area contributed by atoms with Crippen LogP contribution in [0.1, 0.15) is 0 Å². The minimum absolute atomic E-state index is 0.0139. The first-order valence-electron chi connectivity index (χ1n) is 4.62. The normalized spacial score (nSPS) is 11.7. The van der Waals surface area contributed by atoms with Crippen molar-refractivity contribution in [3.63, 3.8) is 0 Å². The van der Waals surface area contributed by atoms with Crippen molar-refractivity contribution in [2.45, 2.75) is 4.90 Å². The van der Waals surface area contributed by atoms with Gasteiger partial charge in [0.25, 0.3) is 0 Å². The van der Waals surface area contributed by atoms with E-state index >= 15 is 0 Å². The molecule has 2 rings (SSSR count). The maximum atomic E-state index is 13.6. The minimum atomic E-state index is -3.64. The third-order valence-electron chi connectivity index (χ3n) is 2.21. The van der Waals surface area contributed by atoms with Gasteiger partial charge in [-0.25, -0.2) is 17.2 Å². The lowest BCUT2D eigenvalue weighted by molar-refractivity contribution is 0.542. The Morgan fingerprint density at radius 1 is 1.18 bits per heavy atom. The zero-order chi connectivity index (χ0) is 12.6. The monoisotopic (exact) mass is 258 g/mol. The summed E-state index contributed by atoms with van der Waals surface area (Å²) >= 11 is 0. The van der Waals surface area contributed by atoms with Crippen molar-refractivity contribution in [3.05, 3.63) is 42.2 Å². The van der Waals surface area contributed by atoms with Gasteiger partial charge in [0.1, 0.15) is 17.4 Å². The van der Waals surface area contributed by atoms with Crippen molar-refractivity contribution >= 4 is 9.84 Å². The Kier molecular flexibility index (Phi) is 2.74. The van der Waals surface area contributed by atoms with Gasteiger partial charge in [0.15, 0.2) is 9.84 Å². The van der Waals surface area contributed by atoms with Crippen molar-refractivity contribution in [2.75, 3.05) is 6.26 Å². The Bertz CT molecular complexity index is 622. The molecule has 0 unspecified atom stereocenters. The predicted molar refractivity (Wildman–Crippen MR) is 57.2 cm³/mol. The number of sulfone groups is 1. The molecular formula is C11H8F2O3S. The van der Waals surface area contributed by atoms with E-state index in [9.17, 15) is 17.2 Å². The van der Waals surface area contributed by atoms with Crippen molar-refractivity contribution in [2.24, 2.45) is 0 Å². The molecule has 0 N–H and O–H groups in total. The number of furan rings is 1. The summed E-state index contributed by atoms with van der Waals surface area (Å²) in [5.74, 6) is -1.93. The van der Waals surface area contributed by atoms with Crippen LogP contribution in [0.5, 0.6) is 0 Å². The molecule has 2 aromatic rings. The van der Waals surface area contributed by atoms with Crippen LogP contribution in [0.2, 0.25) is 0 Å². The summed E-state index contributed by atoms with van der Waals surface area (Å²) in [5.41, 5.74) is -0.373. The molecule has 0 bridgehead atoms. The van der Waals surface area contributed by atoms with E-state index in [1.807, 2.05) is 0 Å². The highest BCUT2D eigenvalue weighted by Gasteiger charge is 2.19. The van der Waals surface area contributed by atoms with Crippen molar-refractivity contribution in [1.82, 2.24) is 0 Å². The van der Waals surface area contributed by atoms with Crippen molar-refractivity contribution < 1.29 is 21.6 Å². The second-order valence-electron chi connectivity index (χ2n) is 3.51. The number of halogens is 2. The third kappa shape index (κ3) is 2.21. The lowest BCUT2D eigenvalue weighted by Gasteiger charge is -2.04. The Labute approximate surface area is 96.6 Å². The second kappa shape index (κ2) is 3.96.